The van der Waals surface area contributed by atoms with Crippen molar-refractivity contribution in [1.82, 2.24) is 37.2 Å². The minimum atomic E-state index is -5.25. The van der Waals surface area contributed by atoms with Gasteiger partial charge in [0.25, 0.3) is 50.6 Å². The van der Waals surface area contributed by atoms with Crippen LogP contribution in [0.4, 0.5) is 5.69 Å². The number of anilines is 1. The second-order valence-corrected chi connectivity index (χ2v) is 32.8. The number of unbranched alkanes of at least 4 members (excludes halogenated alkanes) is 9. The fraction of sp³-hybridized carbons (Fsp3) is 0.571. The van der Waals surface area contributed by atoms with E-state index in [0.717, 1.165) is 31.2 Å². The van der Waals surface area contributed by atoms with Crippen molar-refractivity contribution in [3.63, 3.8) is 0 Å². The molecule has 1 aliphatic heterocycles. The van der Waals surface area contributed by atoms with Crippen LogP contribution >= 0.6 is 22.6 Å². The Balaban J connectivity index is 1.87. The van der Waals surface area contributed by atoms with Crippen LogP contribution in [-0.2, 0) is 95.0 Å². The number of aryl methyl sites for hydroxylation is 1. The number of alkyl halides is 1. The highest BCUT2D eigenvalue weighted by atomic mass is 127. The first kappa shape index (κ1) is 87.0. The Bertz CT molecular complexity index is 3870. The minimum Gasteiger partial charge on any atom is -0.356 e. The Labute approximate surface area is 594 Å². The average molecular weight is 1600 g/mol. The van der Waals surface area contributed by atoms with Crippen LogP contribution in [0.25, 0.3) is 0 Å². The number of fused-ring (bicyclic) bond motifs is 1. The van der Waals surface area contributed by atoms with Crippen LogP contribution in [0.5, 0.6) is 0 Å². The van der Waals surface area contributed by atoms with Gasteiger partial charge in [-0.15, -0.1) is 0 Å². The third-order valence-electron chi connectivity index (χ3n) is 16.3. The molecule has 12 N–H and O–H groups in total. The summed E-state index contributed by atoms with van der Waals surface area (Å²) in [4.78, 5) is 91.6. The van der Waals surface area contributed by atoms with Crippen LogP contribution in [0.3, 0.4) is 0 Å². The normalized spacial score (nSPS) is 15.8. The predicted molar refractivity (Wildman–Crippen MR) is 381 cm³/mol. The molecule has 30 nitrogen and oxygen atoms in total. The SMILES string of the molecule is C=C(/C=C/C=C/C=C1\N(CCCCCC(=O)NCCNC(=O)CI)c2ccc(S(=O)(=O)O)cc2C1(C)CCCCCC(=O)NC(CS(=O)(=O)O)C(=O)NC(CS(=O)(=O)O)C(=O)NC(CS(=O)(=O)O)C(=O)NCCCCCNC(=O)CCCCCC)C(C)(C)c1cc(S(=O)(=O)O)ccc1C. The molecule has 0 fully saturated rings. The summed E-state index contributed by atoms with van der Waals surface area (Å²) >= 11 is 1.92. The lowest BCUT2D eigenvalue weighted by Gasteiger charge is -2.30. The molecule has 3 rings (SSSR count). The summed E-state index contributed by atoms with van der Waals surface area (Å²) in [6.07, 6.45) is 16.2. The van der Waals surface area contributed by atoms with E-state index in [1.54, 1.807) is 43.4 Å². The summed E-state index contributed by atoms with van der Waals surface area (Å²) in [6.45, 7) is 14.7. The molecule has 99 heavy (non-hydrogen) atoms. The van der Waals surface area contributed by atoms with Crippen molar-refractivity contribution in [3.05, 3.63) is 101 Å². The minimum absolute atomic E-state index is 0.0382. The Morgan fingerprint density at radius 1 is 0.556 bits per heavy atom. The number of allylic oxidation sites excluding steroid dienone is 7. The van der Waals surface area contributed by atoms with Crippen molar-refractivity contribution in [1.29, 1.82) is 0 Å². The molecule has 36 heteroatoms. The quantitative estimate of drug-likeness (QED) is 0.0140. The van der Waals surface area contributed by atoms with Crippen LogP contribution < -0.4 is 42.1 Å². The lowest BCUT2D eigenvalue weighted by molar-refractivity contribution is -0.132. The summed E-state index contributed by atoms with van der Waals surface area (Å²) in [6, 6.07) is 1.60. The van der Waals surface area contributed by atoms with Crippen molar-refractivity contribution in [3.8, 4) is 0 Å². The van der Waals surface area contributed by atoms with Crippen molar-refractivity contribution in [2.75, 3.05) is 59.3 Å². The van der Waals surface area contributed by atoms with Crippen molar-refractivity contribution >= 4 is 120 Å². The smallest absolute Gasteiger partial charge is 0.294 e. The van der Waals surface area contributed by atoms with E-state index in [9.17, 15) is 98.4 Å². The Morgan fingerprint density at radius 2 is 1.02 bits per heavy atom. The maximum Gasteiger partial charge on any atom is 0.294 e. The van der Waals surface area contributed by atoms with Crippen LogP contribution in [0.15, 0.2) is 94.4 Å². The van der Waals surface area contributed by atoms with Gasteiger partial charge in [-0.25, -0.2) is 0 Å². The van der Waals surface area contributed by atoms with Gasteiger partial charge in [0.1, 0.15) is 35.4 Å². The number of nitrogens with zero attached hydrogens (tertiary/aromatic N) is 1. The van der Waals surface area contributed by atoms with Crippen molar-refractivity contribution in [2.24, 2.45) is 0 Å². The average Bonchev–Trinajstić information content (AvgIpc) is 1.59. The molecule has 0 radical (unpaired) electrons. The van der Waals surface area contributed by atoms with E-state index in [4.69, 9.17) is 0 Å². The van der Waals surface area contributed by atoms with Gasteiger partial charge in [0, 0.05) is 74.2 Å². The molecular formula is C63H95IN8O22S5. The molecule has 1 heterocycles. The molecule has 2 aromatic rings. The maximum absolute atomic E-state index is 13.7. The molecular weight excluding hydrogens is 1510 g/mol. The fourth-order valence-electron chi connectivity index (χ4n) is 10.9. The first-order valence-corrected chi connectivity index (χ1v) is 41.4. The number of amides is 7. The topological polar surface area (TPSA) is 479 Å². The highest BCUT2D eigenvalue weighted by Crippen LogP contribution is 2.51. The molecule has 1 aliphatic rings. The third kappa shape index (κ3) is 31.7. The Morgan fingerprint density at radius 3 is 1.56 bits per heavy atom. The van der Waals surface area contributed by atoms with Crippen LogP contribution in [-0.4, -0.2) is 179 Å². The van der Waals surface area contributed by atoms with E-state index in [2.05, 4.69) is 33.2 Å². The van der Waals surface area contributed by atoms with E-state index >= 15 is 0 Å². The van der Waals surface area contributed by atoms with Gasteiger partial charge in [0.2, 0.25) is 41.4 Å². The monoisotopic (exact) mass is 1600 g/mol. The molecule has 0 aliphatic carbocycles. The summed E-state index contributed by atoms with van der Waals surface area (Å²) in [5.74, 6) is -10.6. The second kappa shape index (κ2) is 40.4. The van der Waals surface area contributed by atoms with Gasteiger partial charge in [-0.05, 0) is 124 Å². The molecule has 0 saturated carbocycles. The summed E-state index contributed by atoms with van der Waals surface area (Å²) in [5.41, 5.74) is 1.82. The number of carbonyl (C=O) groups is 7. The zero-order valence-electron chi connectivity index (χ0n) is 56.2. The zero-order chi connectivity index (χ0) is 74.6. The van der Waals surface area contributed by atoms with Crippen LogP contribution in [0.2, 0.25) is 0 Å². The molecule has 4 unspecified atom stereocenters. The first-order chi connectivity index (χ1) is 46.0. The Hall–Kier alpha value is -6.23. The van der Waals surface area contributed by atoms with E-state index in [1.165, 1.54) is 24.3 Å². The summed E-state index contributed by atoms with van der Waals surface area (Å²) < 4.78 is 172. The van der Waals surface area contributed by atoms with E-state index in [-0.39, 0.29) is 72.4 Å². The lowest BCUT2D eigenvalue weighted by atomic mass is 9.76. The lowest BCUT2D eigenvalue weighted by Crippen LogP contribution is -2.60. The van der Waals surface area contributed by atoms with E-state index < -0.39 is 132 Å². The standard InChI is InChI=1S/C63H95IN8O22S5/c1-7-8-9-16-25-55(73)65-33-20-13-21-34-68-59(77)50(41-95(80,81)82)70-61(79)52(43-97(86,87)88)71-60(78)51(42-96(83,84)85)69-57(75)27-17-11-19-32-63(6)49-39-47(99(92,93)94)30-31-53(49)72(37-22-12-18-26-56(74)66-35-36-67-58(76)40-64)54(63)24-15-10-14-23-45(3)62(4,5)48-38-46(98(89,90)91)29-28-44(48)2/h10,14-15,23-24,28-31,38-39,50-52H,3,7-9,11-13,16-22,25-27,32-37,40-43H2,1-2,4-6H3,(H,65,73)(H,66,74)(H,67,76)(H,68,77)(H,69,75)(H,70,79)(H,71,78)(H,80,81,82)(H,83,84,85)(H,86,87,88)(H,89,90,91)(H,92,93,94)/b15-10+,23-14+,54-24-. The van der Waals surface area contributed by atoms with Gasteiger partial charge >= 0.3 is 0 Å². The molecule has 0 spiro atoms. The molecule has 556 valence electrons. The van der Waals surface area contributed by atoms with Gasteiger partial charge < -0.3 is 42.1 Å². The first-order valence-electron chi connectivity index (χ1n) is 32.1. The maximum atomic E-state index is 13.7. The van der Waals surface area contributed by atoms with Crippen LogP contribution in [0, 0.1) is 6.92 Å². The Kier molecular flexibility index (Phi) is 35.5. The predicted octanol–water partition coefficient (Wildman–Crippen LogP) is 4.77. The van der Waals surface area contributed by atoms with Gasteiger partial charge in [-0.2, -0.15) is 42.1 Å². The summed E-state index contributed by atoms with van der Waals surface area (Å²) in [5, 5.41) is 16.5. The van der Waals surface area contributed by atoms with E-state index in [1.807, 2.05) is 71.9 Å². The van der Waals surface area contributed by atoms with Crippen molar-refractivity contribution in [2.45, 2.75) is 183 Å². The van der Waals surface area contributed by atoms with Gasteiger partial charge in [-0.3, -0.25) is 56.3 Å². The summed E-state index contributed by atoms with van der Waals surface area (Å²) in [7, 11) is -24.7. The second-order valence-electron chi connectivity index (χ2n) is 24.7. The number of benzene rings is 2. The van der Waals surface area contributed by atoms with Gasteiger partial charge in [-0.1, -0.05) is 119 Å². The number of hydrogen-bond acceptors (Lipinski definition) is 18. The molecule has 0 aromatic heterocycles. The largest absolute Gasteiger partial charge is 0.356 e. The molecule has 0 saturated heterocycles. The molecule has 7 amide bonds. The van der Waals surface area contributed by atoms with Crippen LogP contribution in [0.1, 0.15) is 154 Å². The zero-order valence-corrected chi connectivity index (χ0v) is 62.5. The number of rotatable bonds is 46. The van der Waals surface area contributed by atoms with E-state index in [0.29, 0.717) is 92.5 Å². The van der Waals surface area contributed by atoms with Gasteiger partial charge in [0.15, 0.2) is 0 Å². The third-order valence-corrected chi connectivity index (χ3v) is 21.0. The number of halogens is 1. The van der Waals surface area contributed by atoms with Crippen molar-refractivity contribution < 1.29 is 98.4 Å². The number of carbonyl (C=O) groups excluding carboxylic acids is 7. The molecule has 0 bridgehead atoms. The van der Waals surface area contributed by atoms with Gasteiger partial charge in [0.05, 0.1) is 14.2 Å². The number of nitrogens with one attached hydrogen (secondary N) is 7. The number of hydrogen-bond donors (Lipinski definition) is 12. The molecule has 4 atom stereocenters. The highest BCUT2D eigenvalue weighted by Gasteiger charge is 2.44. The molecule has 2 aromatic carbocycles. The highest BCUT2D eigenvalue weighted by molar-refractivity contribution is 14.1. The fourth-order valence-corrected chi connectivity index (χ4v) is 14.1.